The zero-order valence-electron chi connectivity index (χ0n) is 32.8. The van der Waals surface area contributed by atoms with Gasteiger partial charge in [-0.1, -0.05) is 84.9 Å². The summed E-state index contributed by atoms with van der Waals surface area (Å²) in [5, 5.41) is 2.39. The molecule has 2 aliphatic heterocycles. The average Bonchev–Trinajstić information content (AvgIpc) is 3.77. The lowest BCUT2D eigenvalue weighted by Gasteiger charge is -2.26. The average molecular weight is 811 g/mol. The quantitative estimate of drug-likeness (QED) is 0.118. The molecule has 4 aromatic heterocycles. The maximum absolute atomic E-state index is 15.0. The van der Waals surface area contributed by atoms with Gasteiger partial charge in [0.05, 0.1) is 11.1 Å². The predicted octanol–water partition coefficient (Wildman–Crippen LogP) is 10.0. The summed E-state index contributed by atoms with van der Waals surface area (Å²) in [6.07, 6.45) is 6.89. The van der Waals surface area contributed by atoms with Gasteiger partial charge in [-0.05, 0) is 97.1 Å². The summed E-state index contributed by atoms with van der Waals surface area (Å²) < 4.78 is 0. The van der Waals surface area contributed by atoms with E-state index in [2.05, 4.69) is 19.9 Å². The third-order valence-corrected chi connectivity index (χ3v) is 10.1. The van der Waals surface area contributed by atoms with E-state index in [0.717, 1.165) is 11.4 Å². The van der Waals surface area contributed by atoms with Gasteiger partial charge in [0.2, 0.25) is 0 Å². The number of para-hydroxylation sites is 2. The lowest BCUT2D eigenvalue weighted by molar-refractivity contribution is -0.140. The molecule has 62 heavy (non-hydrogen) atoms. The van der Waals surface area contributed by atoms with Crippen molar-refractivity contribution in [2.75, 3.05) is 9.80 Å². The van der Waals surface area contributed by atoms with Gasteiger partial charge in [-0.25, -0.2) is 19.9 Å². The molecule has 6 heterocycles. The Bertz CT molecular complexity index is 2640. The fourth-order valence-electron chi connectivity index (χ4n) is 7.38. The second-order valence-electron chi connectivity index (χ2n) is 14.0. The summed E-state index contributed by atoms with van der Waals surface area (Å²) in [5.41, 5.74) is 3.39. The summed E-state index contributed by atoms with van der Waals surface area (Å²) in [6, 6.07) is 55.6. The largest absolute Gasteiger partial charge is 0.372 e. The lowest BCUT2D eigenvalue weighted by atomic mass is 10.0. The summed E-state index contributed by atoms with van der Waals surface area (Å²) in [4.78, 5) is 65.0. The lowest BCUT2D eigenvalue weighted by Crippen LogP contribution is -2.33. The van der Waals surface area contributed by atoms with E-state index in [1.165, 1.54) is 10.1 Å². The second kappa shape index (κ2) is 16.4. The normalized spacial score (nSPS) is 13.4. The number of aromatic nitrogens is 4. The Balaban J connectivity index is 1.12. The minimum Gasteiger partial charge on any atom is -0.372 e. The number of hydroxylamine groups is 4. The molecule has 0 fully saturated rings. The molecule has 0 aliphatic carbocycles. The first-order valence-electron chi connectivity index (χ1n) is 19.7. The number of fused-ring (bicyclic) bond motifs is 1. The van der Waals surface area contributed by atoms with Gasteiger partial charge in [0.15, 0.2) is 11.5 Å². The van der Waals surface area contributed by atoms with Gasteiger partial charge in [0.25, 0.3) is 11.8 Å². The second-order valence-corrected chi connectivity index (χ2v) is 14.0. The highest BCUT2D eigenvalue weighted by Crippen LogP contribution is 2.48. The number of rotatable bonds is 12. The third kappa shape index (κ3) is 7.03. The molecule has 2 aliphatic rings. The van der Waals surface area contributed by atoms with E-state index in [-0.39, 0.29) is 22.5 Å². The Labute approximate surface area is 356 Å². The topological polar surface area (TPSA) is 117 Å². The van der Waals surface area contributed by atoms with E-state index in [4.69, 9.17) is 9.68 Å². The number of hydrogen-bond donors (Lipinski definition) is 0. The van der Waals surface area contributed by atoms with Crippen molar-refractivity contribution in [2.45, 2.75) is 0 Å². The van der Waals surface area contributed by atoms with Crippen LogP contribution in [0.5, 0.6) is 11.5 Å². The van der Waals surface area contributed by atoms with Crippen molar-refractivity contribution < 1.29 is 19.3 Å². The van der Waals surface area contributed by atoms with Crippen molar-refractivity contribution in [3.8, 4) is 11.5 Å². The Hall–Kier alpha value is -8.90. The smallest absolute Gasteiger partial charge is 0.294 e. The highest BCUT2D eigenvalue weighted by molar-refractivity contribution is 6.29. The van der Waals surface area contributed by atoms with E-state index in [1.807, 2.05) is 168 Å². The number of carbonyl (C=O) groups excluding carboxylic acids is 2. The molecule has 0 N–H and O–H groups in total. The van der Waals surface area contributed by atoms with Gasteiger partial charge in [0, 0.05) is 47.3 Å². The van der Waals surface area contributed by atoms with Crippen LogP contribution in [0.2, 0.25) is 0 Å². The monoisotopic (exact) mass is 810 g/mol. The molecule has 0 saturated heterocycles. The standard InChI is InChI=1S/C50H34N8O4/c59-49-46-45(47(57(49)61-39-15-3-1-4-16-39)35-23-27-37(28-24-35)55(41-19-7-11-31-51-41)42-20-8-12-32-52-42)50(60)58(62-40-17-5-2-6-18-40)48(46)36-25-29-38(30-26-36)56(43-21-9-13-33-53-43)44-22-10-14-34-54-44/h1-34H. The van der Waals surface area contributed by atoms with Crippen LogP contribution in [0.4, 0.5) is 34.6 Å². The Kier molecular flexibility index (Phi) is 9.88. The van der Waals surface area contributed by atoms with Gasteiger partial charge < -0.3 is 9.68 Å². The number of anilines is 6. The van der Waals surface area contributed by atoms with Crippen LogP contribution in [0.25, 0.3) is 11.4 Å². The molecule has 0 bridgehead atoms. The molecule has 8 aromatic rings. The molecule has 0 atom stereocenters. The number of carbonyl (C=O) groups is 2. The highest BCUT2D eigenvalue weighted by atomic mass is 16.7. The Morgan fingerprint density at radius 1 is 0.355 bits per heavy atom. The number of amides is 2. The van der Waals surface area contributed by atoms with E-state index >= 15 is 9.59 Å². The van der Waals surface area contributed by atoms with E-state index < -0.39 is 11.8 Å². The zero-order chi connectivity index (χ0) is 41.8. The van der Waals surface area contributed by atoms with E-state index in [0.29, 0.717) is 45.9 Å². The Morgan fingerprint density at radius 2 is 0.661 bits per heavy atom. The first-order valence-corrected chi connectivity index (χ1v) is 19.7. The maximum Gasteiger partial charge on any atom is 0.294 e. The van der Waals surface area contributed by atoms with Crippen molar-refractivity contribution in [1.82, 2.24) is 30.1 Å². The molecular weight excluding hydrogens is 777 g/mol. The van der Waals surface area contributed by atoms with Crippen LogP contribution in [0.3, 0.4) is 0 Å². The molecular formula is C50H34N8O4. The van der Waals surface area contributed by atoms with Crippen LogP contribution in [0.15, 0.2) is 218 Å². The molecule has 10 rings (SSSR count). The molecule has 0 saturated carbocycles. The minimum atomic E-state index is -0.540. The van der Waals surface area contributed by atoms with Crippen LogP contribution in [0, 0.1) is 0 Å². The molecule has 298 valence electrons. The molecule has 2 amide bonds. The maximum atomic E-state index is 15.0. The summed E-state index contributed by atoms with van der Waals surface area (Å²) in [7, 11) is 0. The van der Waals surface area contributed by atoms with Gasteiger partial charge >= 0.3 is 0 Å². The molecule has 12 heteroatoms. The van der Waals surface area contributed by atoms with Crippen LogP contribution >= 0.6 is 0 Å². The number of hydrogen-bond acceptors (Lipinski definition) is 10. The van der Waals surface area contributed by atoms with Crippen molar-refractivity contribution in [1.29, 1.82) is 0 Å². The number of benzene rings is 4. The summed E-state index contributed by atoms with van der Waals surface area (Å²) in [6.45, 7) is 0. The Morgan fingerprint density at radius 3 is 0.952 bits per heavy atom. The molecule has 4 aromatic carbocycles. The third-order valence-electron chi connectivity index (χ3n) is 10.1. The highest BCUT2D eigenvalue weighted by Gasteiger charge is 2.51. The van der Waals surface area contributed by atoms with Crippen molar-refractivity contribution in [3.05, 3.63) is 229 Å². The van der Waals surface area contributed by atoms with E-state index in [1.54, 1.807) is 49.1 Å². The number of pyridine rings is 4. The first kappa shape index (κ1) is 37.4. The van der Waals surface area contributed by atoms with Gasteiger partial charge in [-0.2, -0.15) is 0 Å². The predicted molar refractivity (Wildman–Crippen MR) is 235 cm³/mol. The molecule has 0 spiro atoms. The zero-order valence-corrected chi connectivity index (χ0v) is 32.8. The van der Waals surface area contributed by atoms with Gasteiger partial charge in [-0.3, -0.25) is 19.4 Å². The molecule has 0 unspecified atom stereocenters. The minimum absolute atomic E-state index is 0.128. The summed E-state index contributed by atoms with van der Waals surface area (Å²) >= 11 is 0. The van der Waals surface area contributed by atoms with Gasteiger partial charge in [0.1, 0.15) is 34.7 Å². The SMILES string of the molecule is O=C1C2=C(c3ccc(N(c4ccccn4)c4ccccn4)cc3)N(Oc3ccccc3)C(=O)C2=C(c2ccc(N(c3ccccn3)c3ccccn3)cc2)N1Oc1ccccc1. The van der Waals surface area contributed by atoms with Crippen LogP contribution in [0.1, 0.15) is 11.1 Å². The first-order chi connectivity index (χ1) is 30.6. The fraction of sp³-hybridized carbons (Fsp3) is 0. The summed E-state index contributed by atoms with van der Waals surface area (Å²) in [5.74, 6) is 2.39. The van der Waals surface area contributed by atoms with Crippen LogP contribution in [-0.2, 0) is 9.59 Å². The van der Waals surface area contributed by atoms with Crippen molar-refractivity contribution >= 4 is 57.9 Å². The van der Waals surface area contributed by atoms with Crippen LogP contribution in [-0.4, -0.2) is 41.9 Å². The number of nitrogens with zero attached hydrogens (tertiary/aromatic N) is 8. The van der Waals surface area contributed by atoms with Crippen LogP contribution < -0.4 is 19.5 Å². The fourth-order valence-corrected chi connectivity index (χ4v) is 7.38. The molecule has 12 nitrogen and oxygen atoms in total. The molecule has 0 radical (unpaired) electrons. The van der Waals surface area contributed by atoms with Crippen molar-refractivity contribution in [3.63, 3.8) is 0 Å². The van der Waals surface area contributed by atoms with Gasteiger partial charge in [-0.15, -0.1) is 10.1 Å². The van der Waals surface area contributed by atoms with E-state index in [9.17, 15) is 0 Å². The van der Waals surface area contributed by atoms with Crippen molar-refractivity contribution in [2.24, 2.45) is 0 Å².